The Morgan fingerprint density at radius 2 is 2.00 bits per heavy atom. The van der Waals surface area contributed by atoms with Crippen molar-refractivity contribution in [1.82, 2.24) is 4.90 Å². The Bertz CT molecular complexity index is 1210. The number of furan rings is 1. The van der Waals surface area contributed by atoms with E-state index in [0.717, 1.165) is 22.1 Å². The summed E-state index contributed by atoms with van der Waals surface area (Å²) in [6, 6.07) is 12.9. The van der Waals surface area contributed by atoms with Gasteiger partial charge in [-0.25, -0.2) is 8.42 Å². The molecule has 1 aliphatic rings. The molecule has 4 rings (SSSR count). The molecule has 0 radical (unpaired) electrons. The first-order valence-corrected chi connectivity index (χ1v) is 11.7. The summed E-state index contributed by atoms with van der Waals surface area (Å²) >= 11 is 0. The van der Waals surface area contributed by atoms with E-state index in [0.29, 0.717) is 17.8 Å². The molecular formula is C23H25NO5S. The fraction of sp³-hybridized carbons (Fsp3) is 0.348. The highest BCUT2D eigenvalue weighted by atomic mass is 32.2. The highest BCUT2D eigenvalue weighted by Crippen LogP contribution is 2.30. The topological polar surface area (TPSA) is 76.8 Å². The van der Waals surface area contributed by atoms with E-state index in [-0.39, 0.29) is 35.8 Å². The van der Waals surface area contributed by atoms with Crippen LogP contribution in [0.15, 0.2) is 46.9 Å². The lowest BCUT2D eigenvalue weighted by Crippen LogP contribution is -2.40. The average molecular weight is 428 g/mol. The average Bonchev–Trinajstić information content (AvgIpc) is 3.24. The van der Waals surface area contributed by atoms with Crippen molar-refractivity contribution < 1.29 is 22.4 Å². The molecule has 2 aromatic carbocycles. The summed E-state index contributed by atoms with van der Waals surface area (Å²) in [7, 11) is -1.56. The van der Waals surface area contributed by atoms with Gasteiger partial charge in [-0.15, -0.1) is 0 Å². The molecule has 0 spiro atoms. The molecule has 2 heterocycles. The van der Waals surface area contributed by atoms with Gasteiger partial charge in [0.2, 0.25) is 0 Å². The predicted octanol–water partition coefficient (Wildman–Crippen LogP) is 3.89. The van der Waals surface area contributed by atoms with Gasteiger partial charge < -0.3 is 14.1 Å². The fourth-order valence-corrected chi connectivity index (χ4v) is 5.75. The van der Waals surface area contributed by atoms with E-state index in [1.165, 1.54) is 0 Å². The van der Waals surface area contributed by atoms with Gasteiger partial charge in [-0.2, -0.15) is 0 Å². The third-order valence-corrected chi connectivity index (χ3v) is 7.44. The minimum atomic E-state index is -3.15. The molecule has 1 amide bonds. The van der Waals surface area contributed by atoms with E-state index in [2.05, 4.69) is 0 Å². The number of benzene rings is 2. The number of amides is 1. The minimum Gasteiger partial charge on any atom is -0.497 e. The van der Waals surface area contributed by atoms with Gasteiger partial charge >= 0.3 is 0 Å². The van der Waals surface area contributed by atoms with Crippen LogP contribution in [0, 0.1) is 13.8 Å². The summed E-state index contributed by atoms with van der Waals surface area (Å²) < 4.78 is 35.5. The van der Waals surface area contributed by atoms with E-state index in [1.54, 1.807) is 12.0 Å². The number of carbonyl (C=O) groups excluding carboxylic acids is 1. The number of aryl methyl sites for hydroxylation is 2. The van der Waals surface area contributed by atoms with Crippen molar-refractivity contribution in [3.8, 4) is 5.75 Å². The third kappa shape index (κ3) is 3.94. The largest absolute Gasteiger partial charge is 0.497 e. The van der Waals surface area contributed by atoms with Gasteiger partial charge in [0.05, 0.1) is 18.6 Å². The van der Waals surface area contributed by atoms with Gasteiger partial charge in [0.1, 0.15) is 11.3 Å². The molecule has 7 heteroatoms. The van der Waals surface area contributed by atoms with Crippen molar-refractivity contribution in [2.45, 2.75) is 32.9 Å². The van der Waals surface area contributed by atoms with Crippen LogP contribution in [0.2, 0.25) is 0 Å². The van der Waals surface area contributed by atoms with Crippen molar-refractivity contribution >= 4 is 26.7 Å². The molecule has 0 aliphatic carbocycles. The number of hydrogen-bond donors (Lipinski definition) is 0. The molecular weight excluding hydrogens is 402 g/mol. The summed E-state index contributed by atoms with van der Waals surface area (Å²) in [4.78, 5) is 15.2. The zero-order chi connectivity index (χ0) is 21.5. The van der Waals surface area contributed by atoms with Gasteiger partial charge in [-0.05, 0) is 49.6 Å². The molecule has 6 nitrogen and oxygen atoms in total. The van der Waals surface area contributed by atoms with Crippen molar-refractivity contribution in [2.24, 2.45) is 0 Å². The molecule has 1 fully saturated rings. The number of sulfone groups is 1. The zero-order valence-electron chi connectivity index (χ0n) is 17.3. The number of carbonyl (C=O) groups is 1. The fourth-order valence-electron chi connectivity index (χ4n) is 4.02. The van der Waals surface area contributed by atoms with Crippen molar-refractivity contribution in [3.63, 3.8) is 0 Å². The lowest BCUT2D eigenvalue weighted by atomic mass is 10.1. The molecule has 1 unspecified atom stereocenters. The lowest BCUT2D eigenvalue weighted by Gasteiger charge is -2.28. The summed E-state index contributed by atoms with van der Waals surface area (Å²) in [5, 5.41) is 0.893. The second-order valence-corrected chi connectivity index (χ2v) is 10.1. The Morgan fingerprint density at radius 1 is 1.20 bits per heavy atom. The van der Waals surface area contributed by atoms with E-state index >= 15 is 0 Å². The van der Waals surface area contributed by atoms with Crippen LogP contribution in [0.5, 0.6) is 5.75 Å². The van der Waals surface area contributed by atoms with E-state index in [9.17, 15) is 13.2 Å². The van der Waals surface area contributed by atoms with Crippen LogP contribution in [-0.4, -0.2) is 43.9 Å². The Labute approximate surface area is 176 Å². The molecule has 1 aliphatic heterocycles. The summed E-state index contributed by atoms with van der Waals surface area (Å²) in [6.45, 7) is 4.12. The minimum absolute atomic E-state index is 0.0267. The van der Waals surface area contributed by atoms with Crippen LogP contribution in [0.4, 0.5) is 0 Å². The molecule has 1 aromatic heterocycles. The van der Waals surface area contributed by atoms with E-state index < -0.39 is 9.84 Å². The highest BCUT2D eigenvalue weighted by molar-refractivity contribution is 7.91. The molecule has 0 saturated carbocycles. The van der Waals surface area contributed by atoms with Gasteiger partial charge in [-0.3, -0.25) is 4.79 Å². The Morgan fingerprint density at radius 3 is 2.70 bits per heavy atom. The summed E-state index contributed by atoms with van der Waals surface area (Å²) in [6.07, 6.45) is 0.427. The van der Waals surface area contributed by atoms with Gasteiger partial charge in [0.15, 0.2) is 15.6 Å². The van der Waals surface area contributed by atoms with Crippen molar-refractivity contribution in [3.05, 3.63) is 64.9 Å². The first-order chi connectivity index (χ1) is 14.3. The zero-order valence-corrected chi connectivity index (χ0v) is 18.2. The van der Waals surface area contributed by atoms with Crippen molar-refractivity contribution in [1.29, 1.82) is 0 Å². The SMILES string of the molecule is COc1cccc(CN(C(=O)c2oc3cc(C)ccc3c2C)C2CCS(=O)(=O)C2)c1. The smallest absolute Gasteiger partial charge is 0.290 e. The lowest BCUT2D eigenvalue weighted by molar-refractivity contribution is 0.0649. The molecule has 30 heavy (non-hydrogen) atoms. The molecule has 1 atom stereocenters. The quantitative estimate of drug-likeness (QED) is 0.617. The molecule has 1 saturated heterocycles. The number of rotatable bonds is 5. The van der Waals surface area contributed by atoms with Crippen molar-refractivity contribution in [2.75, 3.05) is 18.6 Å². The standard InChI is InChI=1S/C23H25NO5S/c1-15-7-8-20-16(2)22(29-21(20)11-15)23(25)24(18-9-10-30(26,27)14-18)13-17-5-4-6-19(12-17)28-3/h4-8,11-12,18H,9-10,13-14H2,1-3H3. The molecule has 0 N–H and O–H groups in total. The van der Waals surface area contributed by atoms with Crippen LogP contribution < -0.4 is 4.74 Å². The number of ether oxygens (including phenoxy) is 1. The van der Waals surface area contributed by atoms with E-state index in [4.69, 9.17) is 9.15 Å². The maximum absolute atomic E-state index is 13.6. The van der Waals surface area contributed by atoms with Gasteiger partial charge in [0, 0.05) is 23.5 Å². The van der Waals surface area contributed by atoms with Crippen LogP contribution in [-0.2, 0) is 16.4 Å². The molecule has 3 aromatic rings. The predicted molar refractivity (Wildman–Crippen MR) is 116 cm³/mol. The number of hydrogen-bond acceptors (Lipinski definition) is 5. The van der Waals surface area contributed by atoms with Gasteiger partial charge in [0.25, 0.3) is 5.91 Å². The Balaban J connectivity index is 1.73. The first kappa shape index (κ1) is 20.5. The van der Waals surface area contributed by atoms with Crippen LogP contribution in [0.1, 0.15) is 33.7 Å². The maximum Gasteiger partial charge on any atom is 0.290 e. The monoisotopic (exact) mass is 427 g/mol. The summed E-state index contributed by atoms with van der Waals surface area (Å²) in [5.41, 5.74) is 3.35. The Hall–Kier alpha value is -2.80. The van der Waals surface area contributed by atoms with E-state index in [1.807, 2.05) is 56.3 Å². The number of fused-ring (bicyclic) bond motifs is 1. The second-order valence-electron chi connectivity index (χ2n) is 7.90. The number of nitrogens with zero attached hydrogens (tertiary/aromatic N) is 1. The van der Waals surface area contributed by atoms with Crippen LogP contribution >= 0.6 is 0 Å². The van der Waals surface area contributed by atoms with Gasteiger partial charge in [-0.1, -0.05) is 24.3 Å². The first-order valence-electron chi connectivity index (χ1n) is 9.91. The third-order valence-electron chi connectivity index (χ3n) is 5.69. The highest BCUT2D eigenvalue weighted by Gasteiger charge is 2.36. The Kier molecular flexibility index (Phi) is 5.32. The number of methoxy groups -OCH3 is 1. The summed E-state index contributed by atoms with van der Waals surface area (Å²) in [5.74, 6) is 0.738. The molecule has 0 bridgehead atoms. The maximum atomic E-state index is 13.6. The van der Waals surface area contributed by atoms with Crippen LogP contribution in [0.3, 0.4) is 0 Å². The normalized spacial score (nSPS) is 17.9. The molecule has 158 valence electrons. The second kappa shape index (κ2) is 7.80. The van der Waals surface area contributed by atoms with Crippen LogP contribution in [0.25, 0.3) is 11.0 Å².